The van der Waals surface area contributed by atoms with Crippen LogP contribution in [0.2, 0.25) is 0 Å². The zero-order valence-electron chi connectivity index (χ0n) is 27.5. The topological polar surface area (TPSA) is 8.17 Å². The lowest BCUT2D eigenvalue weighted by molar-refractivity contribution is 0.660. The molecule has 0 spiro atoms. The van der Waals surface area contributed by atoms with Crippen LogP contribution in [0.25, 0.3) is 63.9 Å². The number of anilines is 3. The van der Waals surface area contributed by atoms with Gasteiger partial charge in [-0.25, -0.2) is 0 Å². The molecule has 9 aromatic rings. The molecule has 0 radical (unpaired) electrons. The second-order valence-corrected chi connectivity index (χ2v) is 15.0. The van der Waals surface area contributed by atoms with E-state index in [2.05, 4.69) is 171 Å². The molecule has 1 aliphatic carbocycles. The molecule has 7 aromatic carbocycles. The van der Waals surface area contributed by atoms with Crippen LogP contribution < -0.4 is 4.90 Å². The quantitative estimate of drug-likeness (QED) is 0.188. The van der Waals surface area contributed by atoms with Crippen molar-refractivity contribution in [2.24, 2.45) is 7.05 Å². The summed E-state index contributed by atoms with van der Waals surface area (Å²) in [5.74, 6) is 0. The van der Waals surface area contributed by atoms with Gasteiger partial charge in [0, 0.05) is 71.2 Å². The predicted molar refractivity (Wildman–Crippen MR) is 208 cm³/mol. The van der Waals surface area contributed by atoms with Gasteiger partial charge in [-0.1, -0.05) is 104 Å². The highest BCUT2D eigenvalue weighted by Gasteiger charge is 2.38. The van der Waals surface area contributed by atoms with Gasteiger partial charge in [-0.05, 0) is 83.1 Å². The Bertz CT molecular complexity index is 2790. The number of para-hydroxylation sites is 1. The number of thiophene rings is 1. The molecule has 3 heteroatoms. The van der Waals surface area contributed by atoms with Gasteiger partial charge >= 0.3 is 0 Å². The molecule has 1 aliphatic rings. The highest BCUT2D eigenvalue weighted by Crippen LogP contribution is 2.55. The van der Waals surface area contributed by atoms with Crippen molar-refractivity contribution in [3.05, 3.63) is 150 Å². The molecule has 0 saturated heterocycles. The van der Waals surface area contributed by atoms with Crippen LogP contribution in [0.3, 0.4) is 0 Å². The molecular weight excluding hydrogens is 601 g/mol. The molecule has 2 nitrogen and oxygen atoms in total. The number of nitrogens with zero attached hydrogens (tertiary/aromatic N) is 2. The largest absolute Gasteiger partial charge is 0.344 e. The predicted octanol–water partition coefficient (Wildman–Crippen LogP) is 12.9. The van der Waals surface area contributed by atoms with E-state index in [1.807, 2.05) is 11.3 Å². The van der Waals surface area contributed by atoms with Gasteiger partial charge in [-0.3, -0.25) is 0 Å². The van der Waals surface area contributed by atoms with Gasteiger partial charge in [-0.15, -0.1) is 11.3 Å². The second-order valence-electron chi connectivity index (χ2n) is 13.9. The van der Waals surface area contributed by atoms with Crippen molar-refractivity contribution in [3.8, 4) is 11.1 Å². The van der Waals surface area contributed by atoms with E-state index >= 15 is 0 Å². The lowest BCUT2D eigenvalue weighted by Gasteiger charge is -2.30. The van der Waals surface area contributed by atoms with E-state index in [9.17, 15) is 0 Å². The number of fused-ring (bicyclic) bond motifs is 11. The van der Waals surface area contributed by atoms with Crippen molar-refractivity contribution in [2.75, 3.05) is 4.90 Å². The first kappa shape index (κ1) is 27.7. The summed E-state index contributed by atoms with van der Waals surface area (Å²) in [4.78, 5) is 2.51. The molecule has 230 valence electrons. The summed E-state index contributed by atoms with van der Waals surface area (Å²) in [6.45, 7) is 7.00. The highest BCUT2D eigenvalue weighted by atomic mass is 32.1. The molecule has 0 N–H and O–H groups in total. The number of hydrogen-bond donors (Lipinski definition) is 0. The Hall–Kier alpha value is -5.38. The summed E-state index contributed by atoms with van der Waals surface area (Å²) in [6, 6.07) is 50.1. The van der Waals surface area contributed by atoms with Gasteiger partial charge in [0.25, 0.3) is 0 Å². The fraction of sp³-hybridized carbons (Fsp3) is 0.111. The summed E-state index contributed by atoms with van der Waals surface area (Å²) in [7, 11) is 2.17. The first-order valence-electron chi connectivity index (χ1n) is 16.7. The zero-order chi connectivity index (χ0) is 32.3. The van der Waals surface area contributed by atoms with Crippen LogP contribution in [0, 0.1) is 6.92 Å². The van der Waals surface area contributed by atoms with E-state index < -0.39 is 0 Å². The van der Waals surface area contributed by atoms with Crippen molar-refractivity contribution in [1.29, 1.82) is 0 Å². The van der Waals surface area contributed by atoms with E-state index in [0.29, 0.717) is 0 Å². The summed E-state index contributed by atoms with van der Waals surface area (Å²) < 4.78 is 4.94. The monoisotopic (exact) mass is 634 g/mol. The Morgan fingerprint density at radius 3 is 2.06 bits per heavy atom. The van der Waals surface area contributed by atoms with Crippen LogP contribution in [0.4, 0.5) is 17.1 Å². The molecular formula is C45H34N2S. The summed E-state index contributed by atoms with van der Waals surface area (Å²) in [6.07, 6.45) is 0. The molecule has 0 unspecified atom stereocenters. The minimum atomic E-state index is -0.129. The number of rotatable bonds is 3. The summed E-state index contributed by atoms with van der Waals surface area (Å²) >= 11 is 1.88. The maximum atomic E-state index is 2.51. The van der Waals surface area contributed by atoms with Crippen LogP contribution in [0.15, 0.2) is 133 Å². The molecule has 0 fully saturated rings. The molecule has 10 rings (SSSR count). The van der Waals surface area contributed by atoms with E-state index in [4.69, 9.17) is 0 Å². The molecule has 48 heavy (non-hydrogen) atoms. The third kappa shape index (κ3) is 3.74. The van der Waals surface area contributed by atoms with Gasteiger partial charge in [0.2, 0.25) is 0 Å². The fourth-order valence-corrected chi connectivity index (χ4v) is 9.58. The van der Waals surface area contributed by atoms with E-state index in [0.717, 1.165) is 5.69 Å². The minimum Gasteiger partial charge on any atom is -0.344 e. The SMILES string of the molecule is Cc1ccc2c(c1)C(C)(C)c1cc(N(c3ccc4c(c3)sc3ccccc34)c3ccc4c(c3)c3ccccc3n4C)c3ccccc3c1-2. The van der Waals surface area contributed by atoms with Crippen LogP contribution in [0.1, 0.15) is 30.5 Å². The van der Waals surface area contributed by atoms with Crippen LogP contribution in [-0.2, 0) is 12.5 Å². The molecule has 2 aromatic heterocycles. The Morgan fingerprint density at radius 1 is 0.542 bits per heavy atom. The van der Waals surface area contributed by atoms with Gasteiger partial charge in [-0.2, -0.15) is 0 Å². The highest BCUT2D eigenvalue weighted by molar-refractivity contribution is 7.25. The molecule has 0 bridgehead atoms. The van der Waals surface area contributed by atoms with Gasteiger partial charge in [0.15, 0.2) is 0 Å². The maximum absolute atomic E-state index is 2.51. The second kappa shape index (κ2) is 9.82. The smallest absolute Gasteiger partial charge is 0.0543 e. The van der Waals surface area contributed by atoms with Crippen molar-refractivity contribution in [3.63, 3.8) is 0 Å². The molecule has 0 atom stereocenters. The van der Waals surface area contributed by atoms with Crippen LogP contribution in [0.5, 0.6) is 0 Å². The first-order chi connectivity index (χ1) is 23.4. The lowest BCUT2D eigenvalue weighted by Crippen LogP contribution is -2.17. The normalized spacial score (nSPS) is 13.6. The minimum absolute atomic E-state index is 0.129. The zero-order valence-corrected chi connectivity index (χ0v) is 28.3. The standard InChI is InChI=1S/C45H34N2S/c1-27-17-20-35-37(23-27)45(2,3)38-26-41(30-11-5-6-14-34(30)44(35)38)47(29-18-21-33-32-13-8-10-16-42(32)48-43(33)25-29)28-19-22-40-36(24-28)31-12-7-9-15-39(31)46(40)4/h5-26H,1-4H3. The maximum Gasteiger partial charge on any atom is 0.0543 e. The molecule has 0 saturated carbocycles. The van der Waals surface area contributed by atoms with E-state index in [-0.39, 0.29) is 5.41 Å². The molecule has 0 amide bonds. The Kier molecular flexibility index (Phi) is 5.67. The Labute approximate surface area is 284 Å². The lowest BCUT2D eigenvalue weighted by atomic mass is 9.81. The first-order valence-corrected chi connectivity index (χ1v) is 17.6. The molecule has 2 heterocycles. The summed E-state index contributed by atoms with van der Waals surface area (Å²) in [5, 5.41) is 7.75. The van der Waals surface area contributed by atoms with Crippen LogP contribution >= 0.6 is 11.3 Å². The number of benzene rings is 7. The van der Waals surface area contributed by atoms with Gasteiger partial charge in [0.1, 0.15) is 0 Å². The van der Waals surface area contributed by atoms with Gasteiger partial charge in [0.05, 0.1) is 5.69 Å². The van der Waals surface area contributed by atoms with Crippen molar-refractivity contribution >= 4 is 81.1 Å². The van der Waals surface area contributed by atoms with E-state index in [1.54, 1.807) is 0 Å². The summed E-state index contributed by atoms with van der Waals surface area (Å²) in [5.41, 5.74) is 12.7. The number of hydrogen-bond acceptors (Lipinski definition) is 2. The van der Waals surface area contributed by atoms with E-state index in [1.165, 1.54) is 91.9 Å². The number of aromatic nitrogens is 1. The van der Waals surface area contributed by atoms with Crippen molar-refractivity contribution < 1.29 is 0 Å². The number of aryl methyl sites for hydroxylation is 2. The Morgan fingerprint density at radius 2 is 1.21 bits per heavy atom. The van der Waals surface area contributed by atoms with Crippen molar-refractivity contribution in [2.45, 2.75) is 26.2 Å². The fourth-order valence-electron chi connectivity index (χ4n) is 8.44. The average Bonchev–Trinajstić information content (AvgIpc) is 3.70. The third-order valence-electron chi connectivity index (χ3n) is 10.8. The average molecular weight is 635 g/mol. The third-order valence-corrected chi connectivity index (χ3v) is 12.0. The van der Waals surface area contributed by atoms with Crippen molar-refractivity contribution in [1.82, 2.24) is 4.57 Å². The molecule has 0 aliphatic heterocycles. The van der Waals surface area contributed by atoms with Crippen LogP contribution in [-0.4, -0.2) is 4.57 Å². The van der Waals surface area contributed by atoms with Gasteiger partial charge < -0.3 is 9.47 Å². The Balaban J connectivity index is 1.30.